The van der Waals surface area contributed by atoms with Crippen LogP contribution in [-0.2, 0) is 4.74 Å². The molecule has 2 aromatic heterocycles. The molecule has 0 amide bonds. The Balaban J connectivity index is 1.62. The maximum absolute atomic E-state index is 13.2. The van der Waals surface area contributed by atoms with E-state index in [-0.39, 0.29) is 50.9 Å². The predicted molar refractivity (Wildman–Crippen MR) is 143 cm³/mol. The number of hydrogen-bond donors (Lipinski definition) is 0. The number of nitrogens with zero attached hydrogens (tertiary/aromatic N) is 2. The Morgan fingerprint density at radius 3 is 1.39 bits per heavy atom. The highest BCUT2D eigenvalue weighted by Gasteiger charge is 2.21. The fourth-order valence-electron chi connectivity index (χ4n) is 4.57. The maximum Gasteiger partial charge on any atom is 0.338 e. The summed E-state index contributed by atoms with van der Waals surface area (Å²) in [5, 5.41) is 0.0412. The van der Waals surface area contributed by atoms with Gasteiger partial charge in [0, 0.05) is 12.0 Å². The van der Waals surface area contributed by atoms with Crippen molar-refractivity contribution < 1.29 is 14.3 Å². The zero-order valence-electron chi connectivity index (χ0n) is 20.6. The van der Waals surface area contributed by atoms with Crippen molar-refractivity contribution in [3.05, 3.63) is 113 Å². The predicted octanol–water partition coefficient (Wildman–Crippen LogP) is 3.05. The van der Waals surface area contributed by atoms with E-state index < -0.39 is 28.2 Å². The summed E-state index contributed by atoms with van der Waals surface area (Å²) in [6, 6.07) is 14.5. The molecule has 0 aliphatic rings. The average Bonchev–Trinajstić information content (AvgIpc) is 3.31. The molecule has 5 rings (SSSR count). The fourth-order valence-corrected chi connectivity index (χ4v) is 4.57. The van der Waals surface area contributed by atoms with Crippen LogP contribution in [0.1, 0.15) is 47.4 Å². The standard InChI is InChI=1S/C29H22N2O7/c1-3-5-24(32)16-6-10-18(11-7-16)30-25(33)20-14-22-23(15-21(20)26(30)34)28(36)31(27(22)35)19-12-8-17(9-13-19)29(37)38-4-2/h6-15H,3-5H2,1-2H3. The molecule has 5 aromatic rings. The van der Waals surface area contributed by atoms with Gasteiger partial charge in [0.1, 0.15) is 0 Å². The first kappa shape index (κ1) is 24.8. The fraction of sp³-hybridized carbons (Fsp3) is 0.172. The third-order valence-corrected chi connectivity index (χ3v) is 6.45. The van der Waals surface area contributed by atoms with Crippen molar-refractivity contribution in [3.63, 3.8) is 0 Å². The van der Waals surface area contributed by atoms with E-state index in [4.69, 9.17) is 4.74 Å². The van der Waals surface area contributed by atoms with Crippen LogP contribution in [0.3, 0.4) is 0 Å². The number of esters is 1. The smallest absolute Gasteiger partial charge is 0.338 e. The third kappa shape index (κ3) is 3.88. The molecule has 2 heterocycles. The summed E-state index contributed by atoms with van der Waals surface area (Å²) in [5.74, 6) is -0.559. The number of fused-ring (bicyclic) bond motifs is 2. The Morgan fingerprint density at radius 2 is 1.03 bits per heavy atom. The van der Waals surface area contributed by atoms with Gasteiger partial charge < -0.3 is 4.74 Å². The molecule has 0 unspecified atom stereocenters. The minimum atomic E-state index is -0.644. The van der Waals surface area contributed by atoms with Crippen LogP contribution in [0.4, 0.5) is 0 Å². The zero-order valence-corrected chi connectivity index (χ0v) is 20.6. The van der Waals surface area contributed by atoms with Crippen molar-refractivity contribution in [2.24, 2.45) is 0 Å². The van der Waals surface area contributed by atoms with Gasteiger partial charge in [-0.15, -0.1) is 0 Å². The van der Waals surface area contributed by atoms with Crippen LogP contribution < -0.4 is 22.2 Å². The van der Waals surface area contributed by atoms with Gasteiger partial charge in [0.05, 0.1) is 45.1 Å². The first-order valence-corrected chi connectivity index (χ1v) is 12.1. The highest BCUT2D eigenvalue weighted by molar-refractivity contribution is 5.99. The molecule has 190 valence electrons. The van der Waals surface area contributed by atoms with E-state index in [9.17, 15) is 28.8 Å². The van der Waals surface area contributed by atoms with Crippen molar-refractivity contribution >= 4 is 33.3 Å². The molecule has 0 atom stereocenters. The Labute approximate surface area is 214 Å². The van der Waals surface area contributed by atoms with Gasteiger partial charge in [-0.2, -0.15) is 0 Å². The lowest BCUT2D eigenvalue weighted by Gasteiger charge is -2.03. The van der Waals surface area contributed by atoms with Gasteiger partial charge >= 0.3 is 5.97 Å². The highest BCUT2D eigenvalue weighted by atomic mass is 16.5. The molecule has 9 nitrogen and oxygen atoms in total. The number of hydrogen-bond acceptors (Lipinski definition) is 7. The molecular weight excluding hydrogens is 488 g/mol. The molecule has 0 aliphatic carbocycles. The number of ketones is 1. The van der Waals surface area contributed by atoms with E-state index in [1.807, 2.05) is 6.92 Å². The molecule has 38 heavy (non-hydrogen) atoms. The van der Waals surface area contributed by atoms with Crippen molar-refractivity contribution in [2.45, 2.75) is 26.7 Å². The maximum atomic E-state index is 13.2. The number of rotatable bonds is 7. The minimum Gasteiger partial charge on any atom is -0.462 e. The van der Waals surface area contributed by atoms with E-state index >= 15 is 0 Å². The van der Waals surface area contributed by atoms with Crippen molar-refractivity contribution in [1.82, 2.24) is 9.13 Å². The summed E-state index contributed by atoms with van der Waals surface area (Å²) >= 11 is 0. The monoisotopic (exact) mass is 510 g/mol. The summed E-state index contributed by atoms with van der Waals surface area (Å²) in [6.45, 7) is 3.80. The molecule has 0 fully saturated rings. The Kier molecular flexibility index (Phi) is 6.20. The van der Waals surface area contributed by atoms with Gasteiger partial charge in [0.25, 0.3) is 22.2 Å². The van der Waals surface area contributed by atoms with Gasteiger partial charge in [-0.25, -0.2) is 13.9 Å². The Morgan fingerprint density at radius 1 is 0.632 bits per heavy atom. The van der Waals surface area contributed by atoms with Crippen molar-refractivity contribution in [1.29, 1.82) is 0 Å². The summed E-state index contributed by atoms with van der Waals surface area (Å²) in [4.78, 5) is 76.8. The van der Waals surface area contributed by atoms with Gasteiger partial charge in [0.15, 0.2) is 5.78 Å². The second-order valence-electron chi connectivity index (χ2n) is 8.82. The van der Waals surface area contributed by atoms with Crippen LogP contribution in [0.5, 0.6) is 0 Å². The molecule has 0 N–H and O–H groups in total. The van der Waals surface area contributed by atoms with E-state index in [2.05, 4.69) is 0 Å². The summed E-state index contributed by atoms with van der Waals surface area (Å²) < 4.78 is 6.85. The first-order chi connectivity index (χ1) is 18.3. The second kappa shape index (κ2) is 9.51. The van der Waals surface area contributed by atoms with Crippen LogP contribution in [0.15, 0.2) is 79.8 Å². The average molecular weight is 511 g/mol. The number of carbonyl (C=O) groups is 2. The number of Topliss-reactive ketones (excluding diaryl/α,β-unsaturated/α-hetero) is 1. The zero-order chi connectivity index (χ0) is 27.1. The molecule has 0 aliphatic heterocycles. The lowest BCUT2D eigenvalue weighted by Crippen LogP contribution is -2.24. The number of benzene rings is 3. The SMILES string of the molecule is CCCC(=O)c1ccc(-n2c(=O)c3cc4c(=O)n(-c5ccc(C(=O)OCC)cc5)c(=O)c4cc3c2=O)cc1. The van der Waals surface area contributed by atoms with E-state index in [1.165, 1.54) is 48.5 Å². The van der Waals surface area contributed by atoms with Crippen LogP contribution in [-0.4, -0.2) is 27.5 Å². The quantitative estimate of drug-likeness (QED) is 0.244. The number of carbonyl (C=O) groups excluding carboxylic acids is 2. The Bertz CT molecular complexity index is 1720. The number of aromatic nitrogens is 2. The third-order valence-electron chi connectivity index (χ3n) is 6.45. The molecule has 0 saturated carbocycles. The summed E-state index contributed by atoms with van der Waals surface area (Å²) in [7, 11) is 0. The van der Waals surface area contributed by atoms with E-state index in [0.29, 0.717) is 18.4 Å². The molecule has 0 radical (unpaired) electrons. The van der Waals surface area contributed by atoms with Crippen LogP contribution in [0.25, 0.3) is 32.9 Å². The van der Waals surface area contributed by atoms with Gasteiger partial charge in [-0.05, 0) is 74.0 Å². The molecule has 9 heteroatoms. The first-order valence-electron chi connectivity index (χ1n) is 12.1. The van der Waals surface area contributed by atoms with Crippen LogP contribution >= 0.6 is 0 Å². The van der Waals surface area contributed by atoms with Crippen molar-refractivity contribution in [2.75, 3.05) is 6.61 Å². The minimum absolute atomic E-state index is 0.00623. The largest absolute Gasteiger partial charge is 0.462 e. The highest BCUT2D eigenvalue weighted by Crippen LogP contribution is 2.18. The second-order valence-corrected chi connectivity index (χ2v) is 8.82. The molecule has 0 saturated heterocycles. The normalized spacial score (nSPS) is 11.3. The van der Waals surface area contributed by atoms with Crippen LogP contribution in [0.2, 0.25) is 0 Å². The van der Waals surface area contributed by atoms with Crippen molar-refractivity contribution in [3.8, 4) is 11.4 Å². The van der Waals surface area contributed by atoms with Gasteiger partial charge in [0.2, 0.25) is 0 Å². The molecular formula is C29H22N2O7. The van der Waals surface area contributed by atoms with Gasteiger partial charge in [-0.3, -0.25) is 24.0 Å². The Hall–Kier alpha value is -4.92. The lowest BCUT2D eigenvalue weighted by atomic mass is 10.1. The van der Waals surface area contributed by atoms with Gasteiger partial charge in [-0.1, -0.05) is 6.92 Å². The van der Waals surface area contributed by atoms with Crippen LogP contribution in [0, 0.1) is 0 Å². The topological polar surface area (TPSA) is 122 Å². The van der Waals surface area contributed by atoms with E-state index in [1.54, 1.807) is 19.1 Å². The summed E-state index contributed by atoms with van der Waals surface area (Å²) in [6.07, 6.45) is 1.10. The molecule has 0 spiro atoms. The summed E-state index contributed by atoms with van der Waals surface area (Å²) in [5.41, 5.74) is -1.27. The molecule has 3 aromatic carbocycles. The number of ether oxygens (including phenoxy) is 1. The lowest BCUT2D eigenvalue weighted by molar-refractivity contribution is 0.0526. The molecule has 0 bridgehead atoms. The van der Waals surface area contributed by atoms with E-state index in [0.717, 1.165) is 9.13 Å².